The summed E-state index contributed by atoms with van der Waals surface area (Å²) in [6.07, 6.45) is -0.0277. The molecule has 1 N–H and O–H groups in total. The standard InChI is InChI=1S/C21H24N2O3/c1-13-5-7-18(9-14(13)2)22-21(25)12-23-11-15(3)26-20-8-6-17(16(4)24)10-19(20)23/h5-10,15H,11-12H2,1-4H3,(H,22,25). The van der Waals surface area contributed by atoms with Crippen LogP contribution in [0.15, 0.2) is 36.4 Å². The molecule has 0 fully saturated rings. The number of benzene rings is 2. The van der Waals surface area contributed by atoms with Crippen LogP contribution in [0.3, 0.4) is 0 Å². The van der Waals surface area contributed by atoms with Gasteiger partial charge in [0, 0.05) is 11.3 Å². The molecule has 1 aliphatic heterocycles. The molecule has 0 spiro atoms. The molecule has 1 aliphatic rings. The second-order valence-corrected chi connectivity index (χ2v) is 6.89. The lowest BCUT2D eigenvalue weighted by Crippen LogP contribution is -2.42. The summed E-state index contributed by atoms with van der Waals surface area (Å²) in [5, 5.41) is 2.95. The van der Waals surface area contributed by atoms with Gasteiger partial charge in [-0.25, -0.2) is 0 Å². The highest BCUT2D eigenvalue weighted by atomic mass is 16.5. The Hall–Kier alpha value is -2.82. The molecule has 1 unspecified atom stereocenters. The number of aryl methyl sites for hydroxylation is 2. The molecule has 0 aromatic heterocycles. The van der Waals surface area contributed by atoms with E-state index in [1.807, 2.05) is 43.9 Å². The first kappa shape index (κ1) is 18.0. The van der Waals surface area contributed by atoms with Crippen LogP contribution in [0.25, 0.3) is 0 Å². The van der Waals surface area contributed by atoms with E-state index in [-0.39, 0.29) is 24.3 Å². The van der Waals surface area contributed by atoms with Crippen LogP contribution in [-0.4, -0.2) is 30.9 Å². The van der Waals surface area contributed by atoms with Crippen molar-refractivity contribution in [3.8, 4) is 5.75 Å². The molecule has 1 atom stereocenters. The maximum absolute atomic E-state index is 12.6. The number of ketones is 1. The maximum Gasteiger partial charge on any atom is 0.243 e. The molecule has 0 saturated heterocycles. The van der Waals surface area contributed by atoms with E-state index in [9.17, 15) is 9.59 Å². The molecule has 5 heteroatoms. The topological polar surface area (TPSA) is 58.6 Å². The molecule has 1 heterocycles. The lowest BCUT2D eigenvalue weighted by atomic mass is 10.1. The SMILES string of the molecule is CC(=O)c1ccc2c(c1)N(CC(=O)Nc1ccc(C)c(C)c1)CC(C)O2. The van der Waals surface area contributed by atoms with Crippen molar-refractivity contribution in [2.45, 2.75) is 33.8 Å². The summed E-state index contributed by atoms with van der Waals surface area (Å²) in [6, 6.07) is 11.2. The third kappa shape index (κ3) is 3.87. The summed E-state index contributed by atoms with van der Waals surface area (Å²) in [7, 11) is 0. The molecule has 0 radical (unpaired) electrons. The molecular weight excluding hydrogens is 328 g/mol. The van der Waals surface area contributed by atoms with Gasteiger partial charge in [-0.1, -0.05) is 6.07 Å². The van der Waals surface area contributed by atoms with Gasteiger partial charge in [-0.15, -0.1) is 0 Å². The zero-order chi connectivity index (χ0) is 18.8. The van der Waals surface area contributed by atoms with Crippen molar-refractivity contribution in [3.63, 3.8) is 0 Å². The fourth-order valence-corrected chi connectivity index (χ4v) is 3.09. The Morgan fingerprint density at radius 1 is 1.15 bits per heavy atom. The summed E-state index contributed by atoms with van der Waals surface area (Å²) >= 11 is 0. The number of ether oxygens (including phenoxy) is 1. The Bertz CT molecular complexity index is 860. The van der Waals surface area contributed by atoms with Crippen LogP contribution < -0.4 is 15.0 Å². The van der Waals surface area contributed by atoms with E-state index in [1.54, 1.807) is 18.2 Å². The van der Waals surface area contributed by atoms with Gasteiger partial charge in [0.05, 0.1) is 18.8 Å². The Morgan fingerprint density at radius 2 is 1.92 bits per heavy atom. The number of carbonyl (C=O) groups is 2. The Kier molecular flexibility index (Phi) is 4.98. The van der Waals surface area contributed by atoms with E-state index < -0.39 is 0 Å². The van der Waals surface area contributed by atoms with Crippen molar-refractivity contribution in [2.75, 3.05) is 23.3 Å². The average Bonchev–Trinajstić information content (AvgIpc) is 2.57. The van der Waals surface area contributed by atoms with Crippen molar-refractivity contribution in [1.29, 1.82) is 0 Å². The van der Waals surface area contributed by atoms with Crippen LogP contribution in [0.4, 0.5) is 11.4 Å². The van der Waals surface area contributed by atoms with Crippen molar-refractivity contribution in [2.24, 2.45) is 0 Å². The van der Waals surface area contributed by atoms with E-state index in [0.29, 0.717) is 17.9 Å². The van der Waals surface area contributed by atoms with Gasteiger partial charge in [-0.2, -0.15) is 0 Å². The minimum atomic E-state index is -0.0958. The van der Waals surface area contributed by atoms with Gasteiger partial charge < -0.3 is 15.0 Å². The van der Waals surface area contributed by atoms with Gasteiger partial charge in [0.2, 0.25) is 5.91 Å². The summed E-state index contributed by atoms with van der Waals surface area (Å²) in [4.78, 5) is 26.2. The molecule has 5 nitrogen and oxygen atoms in total. The minimum Gasteiger partial charge on any atom is -0.487 e. The molecular formula is C21H24N2O3. The number of hydrogen-bond acceptors (Lipinski definition) is 4. The summed E-state index contributed by atoms with van der Waals surface area (Å²) < 4.78 is 5.84. The first-order chi connectivity index (χ1) is 12.3. The number of rotatable bonds is 4. The van der Waals surface area contributed by atoms with Crippen LogP contribution >= 0.6 is 0 Å². The lowest BCUT2D eigenvalue weighted by Gasteiger charge is -2.34. The van der Waals surface area contributed by atoms with Crippen LogP contribution in [0, 0.1) is 13.8 Å². The van der Waals surface area contributed by atoms with Crippen LogP contribution in [0.5, 0.6) is 5.75 Å². The van der Waals surface area contributed by atoms with E-state index >= 15 is 0 Å². The first-order valence-electron chi connectivity index (χ1n) is 8.77. The van der Waals surface area contributed by atoms with E-state index in [0.717, 1.165) is 16.9 Å². The highest BCUT2D eigenvalue weighted by molar-refractivity contribution is 5.97. The number of Topliss-reactive ketones (excluding diaryl/α,β-unsaturated/α-hetero) is 1. The van der Waals surface area contributed by atoms with Crippen molar-refractivity contribution >= 4 is 23.1 Å². The number of amides is 1. The Labute approximate surface area is 154 Å². The molecule has 26 heavy (non-hydrogen) atoms. The maximum atomic E-state index is 12.6. The predicted octanol–water partition coefficient (Wildman–Crippen LogP) is 3.73. The molecule has 2 aromatic carbocycles. The van der Waals surface area contributed by atoms with Crippen LogP contribution in [0.1, 0.15) is 35.3 Å². The first-order valence-corrected chi connectivity index (χ1v) is 8.77. The van der Waals surface area contributed by atoms with Gasteiger partial charge in [0.1, 0.15) is 11.9 Å². The van der Waals surface area contributed by atoms with E-state index in [2.05, 4.69) is 5.32 Å². The second-order valence-electron chi connectivity index (χ2n) is 6.89. The normalized spacial score (nSPS) is 15.8. The monoisotopic (exact) mass is 352 g/mol. The molecule has 2 aromatic rings. The van der Waals surface area contributed by atoms with Crippen LogP contribution in [-0.2, 0) is 4.79 Å². The third-order valence-electron chi connectivity index (χ3n) is 4.64. The number of fused-ring (bicyclic) bond motifs is 1. The van der Waals surface area contributed by atoms with Gasteiger partial charge in [0.15, 0.2) is 5.78 Å². The number of nitrogens with zero attached hydrogens (tertiary/aromatic N) is 1. The highest BCUT2D eigenvalue weighted by Crippen LogP contribution is 2.34. The fourth-order valence-electron chi connectivity index (χ4n) is 3.09. The number of carbonyl (C=O) groups excluding carboxylic acids is 2. The van der Waals surface area contributed by atoms with E-state index in [4.69, 9.17) is 4.74 Å². The third-order valence-corrected chi connectivity index (χ3v) is 4.64. The van der Waals surface area contributed by atoms with Crippen molar-refractivity contribution in [3.05, 3.63) is 53.1 Å². The number of nitrogens with one attached hydrogen (secondary N) is 1. The van der Waals surface area contributed by atoms with Crippen molar-refractivity contribution in [1.82, 2.24) is 0 Å². The fraction of sp³-hybridized carbons (Fsp3) is 0.333. The molecule has 1 amide bonds. The average molecular weight is 352 g/mol. The second kappa shape index (κ2) is 7.20. The molecule has 0 bridgehead atoms. The Balaban J connectivity index is 1.78. The minimum absolute atomic E-state index is 0.00838. The van der Waals surface area contributed by atoms with E-state index in [1.165, 1.54) is 12.5 Å². The molecule has 0 aliphatic carbocycles. The van der Waals surface area contributed by atoms with Gasteiger partial charge in [-0.05, 0) is 69.2 Å². The Morgan fingerprint density at radius 3 is 2.62 bits per heavy atom. The zero-order valence-electron chi connectivity index (χ0n) is 15.6. The zero-order valence-corrected chi connectivity index (χ0v) is 15.6. The summed E-state index contributed by atoms with van der Waals surface area (Å²) in [5.74, 6) is 0.597. The van der Waals surface area contributed by atoms with Gasteiger partial charge >= 0.3 is 0 Å². The molecule has 136 valence electrons. The van der Waals surface area contributed by atoms with Crippen LogP contribution in [0.2, 0.25) is 0 Å². The van der Waals surface area contributed by atoms with Gasteiger partial charge in [0.25, 0.3) is 0 Å². The highest BCUT2D eigenvalue weighted by Gasteiger charge is 2.25. The van der Waals surface area contributed by atoms with Gasteiger partial charge in [-0.3, -0.25) is 9.59 Å². The largest absolute Gasteiger partial charge is 0.487 e. The lowest BCUT2D eigenvalue weighted by molar-refractivity contribution is -0.115. The summed E-state index contributed by atoms with van der Waals surface area (Å²) in [5.41, 5.74) is 4.51. The van der Waals surface area contributed by atoms with Crippen molar-refractivity contribution < 1.29 is 14.3 Å². The quantitative estimate of drug-likeness (QED) is 0.852. The molecule has 3 rings (SSSR count). The molecule has 0 saturated carbocycles. The summed E-state index contributed by atoms with van der Waals surface area (Å²) in [6.45, 7) is 8.36. The number of hydrogen-bond donors (Lipinski definition) is 1. The smallest absolute Gasteiger partial charge is 0.243 e. The number of anilines is 2. The predicted molar refractivity (Wildman–Crippen MR) is 103 cm³/mol.